The van der Waals surface area contributed by atoms with Gasteiger partial charge in [-0.15, -0.1) is 0 Å². The summed E-state index contributed by atoms with van der Waals surface area (Å²) < 4.78 is 65.7. The standard InChI is InChI=1S/C20H12F4O5/c21-14-13(18(25)20(26)27)15(22)17(24)19(16(14)23)29-8-7-28-12-6-5-10-3-1-2-4-11(10)9-12/h1-6,9H,7-8H2,(H,26,27). The van der Waals surface area contributed by atoms with Crippen molar-refractivity contribution in [3.8, 4) is 11.5 Å². The maximum atomic E-state index is 14.0. The van der Waals surface area contributed by atoms with Gasteiger partial charge in [0.05, 0.1) is 0 Å². The molecule has 0 saturated heterocycles. The number of rotatable bonds is 7. The summed E-state index contributed by atoms with van der Waals surface area (Å²) in [6.45, 7) is -0.692. The fraction of sp³-hybridized carbons (Fsp3) is 0.100. The Labute approximate surface area is 161 Å². The van der Waals surface area contributed by atoms with Crippen LogP contribution >= 0.6 is 0 Å². The lowest BCUT2D eigenvalue weighted by atomic mass is 10.1. The Morgan fingerprint density at radius 1 is 0.793 bits per heavy atom. The summed E-state index contributed by atoms with van der Waals surface area (Å²) in [4.78, 5) is 21.8. The Balaban J connectivity index is 1.71. The molecule has 0 aromatic heterocycles. The Bertz CT molecular complexity index is 1080. The summed E-state index contributed by atoms with van der Waals surface area (Å²) in [5, 5.41) is 10.4. The number of ketones is 1. The Kier molecular flexibility index (Phi) is 5.67. The number of aliphatic carboxylic acids is 1. The van der Waals surface area contributed by atoms with E-state index in [0.29, 0.717) is 5.75 Å². The summed E-state index contributed by atoms with van der Waals surface area (Å²) >= 11 is 0. The lowest BCUT2D eigenvalue weighted by Crippen LogP contribution is -2.20. The molecular weight excluding hydrogens is 396 g/mol. The van der Waals surface area contributed by atoms with Gasteiger partial charge >= 0.3 is 5.97 Å². The third-order valence-corrected chi connectivity index (χ3v) is 3.96. The highest BCUT2D eigenvalue weighted by Crippen LogP contribution is 2.30. The number of halogens is 4. The monoisotopic (exact) mass is 408 g/mol. The van der Waals surface area contributed by atoms with Gasteiger partial charge in [0, 0.05) is 0 Å². The molecule has 0 fully saturated rings. The summed E-state index contributed by atoms with van der Waals surface area (Å²) in [6, 6.07) is 12.6. The van der Waals surface area contributed by atoms with Crippen molar-refractivity contribution < 1.29 is 41.7 Å². The van der Waals surface area contributed by atoms with Gasteiger partial charge < -0.3 is 14.6 Å². The van der Waals surface area contributed by atoms with Crippen LogP contribution in [0.3, 0.4) is 0 Å². The van der Waals surface area contributed by atoms with E-state index in [-0.39, 0.29) is 6.61 Å². The van der Waals surface area contributed by atoms with Crippen LogP contribution in [-0.2, 0) is 4.79 Å². The first-order chi connectivity index (χ1) is 13.8. The van der Waals surface area contributed by atoms with Gasteiger partial charge in [0.1, 0.15) is 24.5 Å². The number of benzene rings is 3. The minimum Gasteiger partial charge on any atom is -0.490 e. The van der Waals surface area contributed by atoms with Crippen LogP contribution in [0.25, 0.3) is 10.8 Å². The molecule has 0 amide bonds. The quantitative estimate of drug-likeness (QED) is 0.209. The van der Waals surface area contributed by atoms with Crippen LogP contribution in [0.5, 0.6) is 11.5 Å². The third kappa shape index (κ3) is 3.98. The highest BCUT2D eigenvalue weighted by molar-refractivity contribution is 6.40. The van der Waals surface area contributed by atoms with Gasteiger partial charge in [0.2, 0.25) is 11.6 Å². The molecule has 3 rings (SSSR count). The largest absolute Gasteiger partial charge is 0.490 e. The minimum atomic E-state index is -2.26. The zero-order valence-corrected chi connectivity index (χ0v) is 14.5. The molecule has 3 aromatic rings. The second kappa shape index (κ2) is 8.17. The average Bonchev–Trinajstić information content (AvgIpc) is 2.71. The minimum absolute atomic E-state index is 0.212. The molecule has 0 aliphatic heterocycles. The maximum absolute atomic E-state index is 14.0. The second-order valence-electron chi connectivity index (χ2n) is 5.80. The van der Waals surface area contributed by atoms with Crippen LogP contribution in [0.15, 0.2) is 42.5 Å². The van der Waals surface area contributed by atoms with E-state index in [1.165, 1.54) is 0 Å². The number of carboxylic acid groups (broad SMARTS) is 1. The SMILES string of the molecule is O=C(O)C(=O)c1c(F)c(F)c(OCCOc2ccc3ccccc3c2)c(F)c1F. The van der Waals surface area contributed by atoms with Gasteiger partial charge in [-0.2, -0.15) is 8.78 Å². The molecule has 1 N–H and O–H groups in total. The molecular formula is C20H12F4O5. The number of carboxylic acids is 1. The number of ether oxygens (including phenoxy) is 2. The van der Waals surface area contributed by atoms with Crippen LogP contribution in [0.2, 0.25) is 0 Å². The van der Waals surface area contributed by atoms with Crippen molar-refractivity contribution in [3.63, 3.8) is 0 Å². The van der Waals surface area contributed by atoms with Crippen LogP contribution < -0.4 is 9.47 Å². The number of carbonyl (C=O) groups is 2. The molecule has 0 radical (unpaired) electrons. The number of hydrogen-bond acceptors (Lipinski definition) is 4. The van der Waals surface area contributed by atoms with Crippen molar-refractivity contribution in [3.05, 3.63) is 71.3 Å². The summed E-state index contributed by atoms with van der Waals surface area (Å²) in [7, 11) is 0. The summed E-state index contributed by atoms with van der Waals surface area (Å²) in [5.41, 5.74) is -1.84. The highest BCUT2D eigenvalue weighted by atomic mass is 19.2. The Morgan fingerprint density at radius 2 is 1.38 bits per heavy atom. The first-order valence-electron chi connectivity index (χ1n) is 8.19. The van der Waals surface area contributed by atoms with E-state index in [1.54, 1.807) is 18.2 Å². The molecule has 0 aliphatic rings. The van der Waals surface area contributed by atoms with E-state index in [1.807, 2.05) is 24.3 Å². The van der Waals surface area contributed by atoms with E-state index in [0.717, 1.165) is 10.8 Å². The average molecular weight is 408 g/mol. The molecule has 0 bridgehead atoms. The normalized spacial score (nSPS) is 10.8. The molecule has 0 aliphatic carbocycles. The number of fused-ring (bicyclic) bond motifs is 1. The van der Waals surface area contributed by atoms with Crippen molar-refractivity contribution in [2.45, 2.75) is 0 Å². The van der Waals surface area contributed by atoms with Crippen LogP contribution in [0, 0.1) is 23.3 Å². The number of Topliss-reactive ketones (excluding diaryl/α,β-unsaturated/α-hetero) is 1. The van der Waals surface area contributed by atoms with Crippen molar-refractivity contribution in [2.24, 2.45) is 0 Å². The Morgan fingerprint density at radius 3 is 2.00 bits per heavy atom. The van der Waals surface area contributed by atoms with Crippen LogP contribution in [0.1, 0.15) is 10.4 Å². The lowest BCUT2D eigenvalue weighted by Gasteiger charge is -2.12. The van der Waals surface area contributed by atoms with Gasteiger partial charge in [-0.05, 0) is 22.9 Å². The van der Waals surface area contributed by atoms with E-state index in [4.69, 9.17) is 14.6 Å². The molecule has 0 atom stereocenters. The topological polar surface area (TPSA) is 72.8 Å². The first kappa shape index (κ1) is 20.1. The molecule has 150 valence electrons. The van der Waals surface area contributed by atoms with Gasteiger partial charge in [-0.1, -0.05) is 30.3 Å². The molecule has 0 spiro atoms. The van der Waals surface area contributed by atoms with Crippen molar-refractivity contribution in [2.75, 3.05) is 13.2 Å². The summed E-state index contributed by atoms with van der Waals surface area (Å²) in [5.74, 6) is -13.7. The van der Waals surface area contributed by atoms with Crippen molar-refractivity contribution in [1.82, 2.24) is 0 Å². The molecule has 0 saturated carbocycles. The van der Waals surface area contributed by atoms with Gasteiger partial charge in [0.15, 0.2) is 17.4 Å². The molecule has 29 heavy (non-hydrogen) atoms. The zero-order chi connectivity index (χ0) is 21.1. The Hall–Kier alpha value is -3.62. The van der Waals surface area contributed by atoms with Gasteiger partial charge in [0.25, 0.3) is 5.78 Å². The van der Waals surface area contributed by atoms with E-state index >= 15 is 0 Å². The molecule has 9 heteroatoms. The number of hydrogen-bond donors (Lipinski definition) is 1. The molecule has 0 unspecified atom stereocenters. The summed E-state index contributed by atoms with van der Waals surface area (Å²) in [6.07, 6.45) is 0. The highest BCUT2D eigenvalue weighted by Gasteiger charge is 2.33. The fourth-order valence-electron chi connectivity index (χ4n) is 2.60. The second-order valence-corrected chi connectivity index (χ2v) is 5.80. The maximum Gasteiger partial charge on any atom is 0.377 e. The van der Waals surface area contributed by atoms with Crippen LogP contribution in [-0.4, -0.2) is 30.1 Å². The fourth-order valence-corrected chi connectivity index (χ4v) is 2.60. The number of carbonyl (C=O) groups excluding carboxylic acids is 1. The van der Waals surface area contributed by atoms with Gasteiger partial charge in [-0.3, -0.25) is 4.79 Å². The third-order valence-electron chi connectivity index (χ3n) is 3.96. The predicted molar refractivity (Wildman–Crippen MR) is 93.2 cm³/mol. The van der Waals surface area contributed by atoms with E-state index < -0.39 is 52.9 Å². The van der Waals surface area contributed by atoms with Crippen molar-refractivity contribution in [1.29, 1.82) is 0 Å². The van der Waals surface area contributed by atoms with E-state index in [2.05, 4.69) is 0 Å². The first-order valence-corrected chi connectivity index (χ1v) is 8.19. The molecule has 3 aromatic carbocycles. The van der Waals surface area contributed by atoms with Gasteiger partial charge in [-0.25, -0.2) is 13.6 Å². The zero-order valence-electron chi connectivity index (χ0n) is 14.5. The predicted octanol–water partition coefficient (Wildman–Crippen LogP) is 4.12. The smallest absolute Gasteiger partial charge is 0.377 e. The van der Waals surface area contributed by atoms with Crippen LogP contribution in [0.4, 0.5) is 17.6 Å². The van der Waals surface area contributed by atoms with Crippen molar-refractivity contribution >= 4 is 22.5 Å². The lowest BCUT2D eigenvalue weighted by molar-refractivity contribution is -0.131. The molecule has 0 heterocycles. The van der Waals surface area contributed by atoms with E-state index in [9.17, 15) is 27.2 Å². The molecule has 5 nitrogen and oxygen atoms in total.